The molecule has 17 nitrogen and oxygen atoms in total. The topological polar surface area (TPSA) is 155 Å². The standard InChI is InChI=1S/C48H52BrClFN15O2/c1-29(27-65-38-13-12-34(50)43(51)44(38)57-42(65)26-53-47-59-48(64-20-17-61(4)18-21-64)58-45-33(49)25-54-66(45)47)40(67)23-30-22-36(41(68-7)24-39(30)62(5)19-16-60(2)3)56-46-52-15-14-35(55-46)32-28-63(6)37-11-9-8-10-31(32)37/h8-15,22,24-25,28H,1,16-21,23,26-27H2,2-7H3,(H,52,55,56)(H,53,58,59). The molecule has 1 saturated heterocycles. The Morgan fingerprint density at radius 1 is 0.985 bits per heavy atom. The third-order valence-corrected chi connectivity index (χ3v) is 13.1. The highest BCUT2D eigenvalue weighted by Gasteiger charge is 2.24. The Morgan fingerprint density at radius 2 is 1.78 bits per heavy atom. The molecule has 0 unspecified atom stereocenters. The molecule has 8 aromatic rings. The fourth-order valence-corrected chi connectivity index (χ4v) is 8.91. The maximum Gasteiger partial charge on any atom is 0.230 e. The number of Topliss-reactive ketones (excluding diaryl/α,β-unsaturated/α-hetero) is 1. The number of benzene rings is 3. The molecule has 6 heterocycles. The van der Waals surface area contributed by atoms with Crippen LogP contribution in [0, 0.1) is 5.82 Å². The fourth-order valence-electron chi connectivity index (χ4n) is 8.41. The molecule has 1 aliphatic heterocycles. The highest BCUT2D eigenvalue weighted by atomic mass is 79.9. The molecule has 0 radical (unpaired) electrons. The first-order valence-electron chi connectivity index (χ1n) is 22.1. The first-order valence-corrected chi connectivity index (χ1v) is 23.3. The zero-order valence-electron chi connectivity index (χ0n) is 38.8. The van der Waals surface area contributed by atoms with E-state index in [1.54, 1.807) is 34.7 Å². The number of methoxy groups -OCH3 is 1. The highest BCUT2D eigenvalue weighted by molar-refractivity contribution is 9.10. The molecule has 0 atom stereocenters. The average molecular weight is 1010 g/mol. The molecule has 20 heteroatoms. The number of para-hydroxylation sites is 1. The predicted molar refractivity (Wildman–Crippen MR) is 270 cm³/mol. The van der Waals surface area contributed by atoms with Crippen molar-refractivity contribution in [3.63, 3.8) is 0 Å². The van der Waals surface area contributed by atoms with Crippen molar-refractivity contribution in [2.45, 2.75) is 19.5 Å². The lowest BCUT2D eigenvalue weighted by Gasteiger charge is -2.32. The molecule has 5 aromatic heterocycles. The van der Waals surface area contributed by atoms with Crippen LogP contribution in [0.15, 0.2) is 89.8 Å². The number of likely N-dealkylation sites (N-methyl/N-ethyl adjacent to an activating group) is 3. The van der Waals surface area contributed by atoms with Gasteiger partial charge in [-0.1, -0.05) is 36.4 Å². The van der Waals surface area contributed by atoms with E-state index >= 15 is 4.39 Å². The van der Waals surface area contributed by atoms with Crippen molar-refractivity contribution in [2.24, 2.45) is 7.05 Å². The lowest BCUT2D eigenvalue weighted by Crippen LogP contribution is -2.45. The van der Waals surface area contributed by atoms with Gasteiger partial charge in [-0.3, -0.25) is 4.79 Å². The number of ketones is 1. The predicted octanol–water partition coefficient (Wildman–Crippen LogP) is 7.46. The number of anilines is 5. The molecule has 0 saturated carbocycles. The molecule has 9 rings (SSSR count). The summed E-state index contributed by atoms with van der Waals surface area (Å²) in [5.74, 6) is 1.45. The van der Waals surface area contributed by atoms with E-state index in [4.69, 9.17) is 36.3 Å². The summed E-state index contributed by atoms with van der Waals surface area (Å²) in [7, 11) is 11.7. The molecule has 0 aliphatic carbocycles. The summed E-state index contributed by atoms with van der Waals surface area (Å²) in [5.41, 5.74) is 6.36. The summed E-state index contributed by atoms with van der Waals surface area (Å²) in [6.07, 6.45) is 5.44. The number of nitrogens with zero attached hydrogens (tertiary/aromatic N) is 13. The lowest BCUT2D eigenvalue weighted by molar-refractivity contribution is -0.115. The van der Waals surface area contributed by atoms with Crippen LogP contribution < -0.4 is 25.2 Å². The van der Waals surface area contributed by atoms with Crippen molar-refractivity contribution < 1.29 is 13.9 Å². The van der Waals surface area contributed by atoms with E-state index in [0.717, 1.165) is 66.1 Å². The summed E-state index contributed by atoms with van der Waals surface area (Å²) in [6.45, 7) is 9.14. The summed E-state index contributed by atoms with van der Waals surface area (Å²) in [4.78, 5) is 47.0. The Kier molecular flexibility index (Phi) is 13.3. The van der Waals surface area contributed by atoms with E-state index in [1.165, 1.54) is 6.07 Å². The molecular formula is C48H52BrClFN15O2. The van der Waals surface area contributed by atoms with Crippen LogP contribution in [0.1, 0.15) is 11.4 Å². The minimum Gasteiger partial charge on any atom is -0.494 e. The molecule has 3 aromatic carbocycles. The highest BCUT2D eigenvalue weighted by Crippen LogP contribution is 2.37. The van der Waals surface area contributed by atoms with Gasteiger partial charge in [0, 0.05) is 106 Å². The van der Waals surface area contributed by atoms with Gasteiger partial charge in [-0.05, 0) is 73.0 Å². The van der Waals surface area contributed by atoms with E-state index < -0.39 is 5.82 Å². The molecule has 0 amide bonds. The summed E-state index contributed by atoms with van der Waals surface area (Å²) in [5, 5.41) is 12.3. The number of halogens is 3. The molecule has 1 fully saturated rings. The van der Waals surface area contributed by atoms with E-state index in [9.17, 15) is 4.79 Å². The number of hydrogen-bond acceptors (Lipinski definition) is 14. The maximum absolute atomic E-state index is 15.7. The van der Waals surface area contributed by atoms with E-state index in [0.29, 0.717) is 57.3 Å². The lowest BCUT2D eigenvalue weighted by atomic mass is 10.0. The molecule has 352 valence electrons. The number of imidazole rings is 1. The Labute approximate surface area is 406 Å². The number of ether oxygens (including phenoxy) is 1. The monoisotopic (exact) mass is 1000 g/mol. The number of hydrogen-bond donors (Lipinski definition) is 2. The van der Waals surface area contributed by atoms with Crippen molar-refractivity contribution in [3.05, 3.63) is 112 Å². The summed E-state index contributed by atoms with van der Waals surface area (Å²) < 4.78 is 27.8. The average Bonchev–Trinajstić information content (AvgIpc) is 4.01. The molecule has 1 aliphatic rings. The van der Waals surface area contributed by atoms with Crippen LogP contribution in [0.4, 0.5) is 33.6 Å². The Hall–Kier alpha value is -6.67. The van der Waals surface area contributed by atoms with Crippen molar-refractivity contribution in [1.82, 2.24) is 53.5 Å². The van der Waals surface area contributed by atoms with Gasteiger partial charge in [-0.25, -0.2) is 19.3 Å². The molecule has 0 bridgehead atoms. The zero-order chi connectivity index (χ0) is 47.8. The Balaban J connectivity index is 1.01. The van der Waals surface area contributed by atoms with Crippen molar-refractivity contribution in [1.29, 1.82) is 0 Å². The normalized spacial score (nSPS) is 13.3. The van der Waals surface area contributed by atoms with Crippen LogP contribution >= 0.6 is 27.5 Å². The molecular weight excluding hydrogens is 953 g/mol. The number of aromatic nitrogens is 9. The van der Waals surface area contributed by atoms with Gasteiger partial charge < -0.3 is 44.1 Å². The van der Waals surface area contributed by atoms with Crippen molar-refractivity contribution in [3.8, 4) is 17.0 Å². The minimum absolute atomic E-state index is 0.00138. The van der Waals surface area contributed by atoms with Gasteiger partial charge in [0.05, 0.1) is 52.8 Å². The van der Waals surface area contributed by atoms with E-state index in [-0.39, 0.29) is 41.4 Å². The maximum atomic E-state index is 15.7. The van der Waals surface area contributed by atoms with Gasteiger partial charge in [-0.2, -0.15) is 19.6 Å². The molecule has 2 N–H and O–H groups in total. The number of nitrogens with one attached hydrogen (secondary N) is 2. The first kappa shape index (κ1) is 46.4. The van der Waals surface area contributed by atoms with Crippen LogP contribution in [0.3, 0.4) is 0 Å². The second kappa shape index (κ2) is 19.5. The number of rotatable bonds is 17. The third-order valence-electron chi connectivity index (χ3n) is 12.3. The van der Waals surface area contributed by atoms with Gasteiger partial charge in [0.2, 0.25) is 17.8 Å². The Bertz CT molecular complexity index is 3200. The zero-order valence-corrected chi connectivity index (χ0v) is 41.1. The number of piperazine rings is 1. The number of allylic oxidation sites excluding steroid dienone is 1. The largest absolute Gasteiger partial charge is 0.494 e. The van der Waals surface area contributed by atoms with Crippen molar-refractivity contribution >= 4 is 90.1 Å². The summed E-state index contributed by atoms with van der Waals surface area (Å²) in [6, 6.07) is 17.1. The number of fused-ring (bicyclic) bond motifs is 3. The van der Waals surface area contributed by atoms with Gasteiger partial charge >= 0.3 is 0 Å². The van der Waals surface area contributed by atoms with Crippen LogP contribution in [0.5, 0.6) is 5.75 Å². The Morgan fingerprint density at radius 3 is 2.56 bits per heavy atom. The quantitative estimate of drug-likeness (QED) is 0.0868. The second-order valence-electron chi connectivity index (χ2n) is 17.2. The summed E-state index contributed by atoms with van der Waals surface area (Å²) >= 11 is 9.86. The van der Waals surface area contributed by atoms with E-state index in [1.807, 2.05) is 58.5 Å². The van der Waals surface area contributed by atoms with Crippen molar-refractivity contribution in [2.75, 3.05) is 95.0 Å². The van der Waals surface area contributed by atoms with Gasteiger partial charge in [0.25, 0.3) is 0 Å². The first-order chi connectivity index (χ1) is 32.8. The van der Waals surface area contributed by atoms with Gasteiger partial charge in [0.1, 0.15) is 17.1 Å². The van der Waals surface area contributed by atoms with Crippen LogP contribution in [-0.4, -0.2) is 134 Å². The fraction of sp³-hybridized carbons (Fsp3) is 0.312. The van der Waals surface area contributed by atoms with Crippen LogP contribution in [-0.2, 0) is 31.4 Å². The SMILES string of the molecule is C=C(Cn1c(CNc2nc(N3CCN(C)CC3)nc3c(Br)cnn23)nc2c(F)c(Cl)ccc21)C(=O)Cc1cc(Nc2nccc(-c3cn(C)c4ccccc34)n2)c(OC)cc1N(C)CCN(C)C. The number of carbonyl (C=O) groups is 1. The second-order valence-corrected chi connectivity index (χ2v) is 18.5. The van der Waals surface area contributed by atoms with Gasteiger partial charge in [-0.15, -0.1) is 0 Å². The number of carbonyl (C=O) groups excluding carboxylic acids is 1. The molecule has 0 spiro atoms. The minimum atomic E-state index is -0.658. The van der Waals surface area contributed by atoms with Crippen LogP contribution in [0.25, 0.3) is 38.8 Å². The number of aryl methyl sites for hydroxylation is 1. The van der Waals surface area contributed by atoms with E-state index in [2.05, 4.69) is 92.8 Å². The van der Waals surface area contributed by atoms with Gasteiger partial charge in [0.15, 0.2) is 17.2 Å². The third kappa shape index (κ3) is 9.43. The molecule has 68 heavy (non-hydrogen) atoms. The van der Waals surface area contributed by atoms with Crippen LogP contribution in [0.2, 0.25) is 5.02 Å². The smallest absolute Gasteiger partial charge is 0.230 e.